The highest BCUT2D eigenvalue weighted by Crippen LogP contribution is 2.28. The van der Waals surface area contributed by atoms with Crippen LogP contribution in [0.3, 0.4) is 0 Å². The molecule has 2 amide bonds. The van der Waals surface area contributed by atoms with E-state index in [0.717, 1.165) is 18.2 Å². The lowest BCUT2D eigenvalue weighted by Crippen LogP contribution is -2.49. The predicted octanol–water partition coefficient (Wildman–Crippen LogP) is 2.95. The van der Waals surface area contributed by atoms with E-state index in [1.54, 1.807) is 0 Å². The number of halogens is 4. The average Bonchev–Trinajstić information content (AvgIpc) is 2.69. The number of nitrogens with two attached hydrogens (primary N) is 1. The summed E-state index contributed by atoms with van der Waals surface area (Å²) in [5.74, 6) is -1.83. The molecule has 3 N–H and O–H groups in total. The Labute approximate surface area is 180 Å². The van der Waals surface area contributed by atoms with Crippen molar-refractivity contribution >= 4 is 11.8 Å². The van der Waals surface area contributed by atoms with Crippen LogP contribution >= 0.6 is 0 Å². The zero-order valence-corrected chi connectivity index (χ0v) is 16.6. The highest BCUT2D eigenvalue weighted by molar-refractivity contribution is 5.95. The van der Waals surface area contributed by atoms with Gasteiger partial charge in [-0.25, -0.2) is 4.39 Å². The number of rotatable bonds is 6. The second-order valence-electron chi connectivity index (χ2n) is 7.21. The summed E-state index contributed by atoms with van der Waals surface area (Å²) in [5.41, 5.74) is 5.71. The van der Waals surface area contributed by atoms with Crippen molar-refractivity contribution in [1.29, 1.82) is 0 Å². The summed E-state index contributed by atoms with van der Waals surface area (Å²) in [6, 6.07) is 8.53. The number of hydrogen-bond acceptors (Lipinski definition) is 5. The van der Waals surface area contributed by atoms with Gasteiger partial charge in [-0.05, 0) is 29.8 Å². The number of ether oxygens (including phenoxy) is 2. The number of aromatic hydroxyl groups is 1. The molecule has 32 heavy (non-hydrogen) atoms. The molecule has 7 nitrogen and oxygen atoms in total. The number of primary amides is 1. The van der Waals surface area contributed by atoms with Crippen molar-refractivity contribution in [1.82, 2.24) is 4.90 Å². The largest absolute Gasteiger partial charge is 0.573 e. The van der Waals surface area contributed by atoms with E-state index in [0.29, 0.717) is 5.56 Å². The van der Waals surface area contributed by atoms with Crippen molar-refractivity contribution < 1.29 is 41.7 Å². The Kier molecular flexibility index (Phi) is 6.75. The summed E-state index contributed by atoms with van der Waals surface area (Å²) >= 11 is 0. The van der Waals surface area contributed by atoms with E-state index >= 15 is 0 Å². The van der Waals surface area contributed by atoms with E-state index in [4.69, 9.17) is 10.5 Å². The second-order valence-corrected chi connectivity index (χ2v) is 7.21. The van der Waals surface area contributed by atoms with Gasteiger partial charge in [-0.2, -0.15) is 0 Å². The Morgan fingerprint density at radius 1 is 1.16 bits per heavy atom. The van der Waals surface area contributed by atoms with E-state index in [1.165, 1.54) is 29.2 Å². The maximum Gasteiger partial charge on any atom is 0.573 e. The minimum Gasteiger partial charge on any atom is -0.508 e. The minimum absolute atomic E-state index is 0.00791. The van der Waals surface area contributed by atoms with Crippen LogP contribution in [0.2, 0.25) is 0 Å². The monoisotopic (exact) mass is 456 g/mol. The molecule has 1 saturated heterocycles. The van der Waals surface area contributed by atoms with Crippen molar-refractivity contribution in [2.75, 3.05) is 13.1 Å². The molecule has 1 fully saturated rings. The number of amides is 2. The lowest BCUT2D eigenvalue weighted by atomic mass is 10.0. The summed E-state index contributed by atoms with van der Waals surface area (Å²) < 4.78 is 60.7. The lowest BCUT2D eigenvalue weighted by Gasteiger charge is -2.35. The molecule has 1 aliphatic rings. The smallest absolute Gasteiger partial charge is 0.508 e. The summed E-state index contributed by atoms with van der Waals surface area (Å²) in [7, 11) is 0. The summed E-state index contributed by atoms with van der Waals surface area (Å²) in [6.45, 7) is -0.0899. The van der Waals surface area contributed by atoms with Gasteiger partial charge < -0.3 is 25.2 Å². The molecule has 0 bridgehead atoms. The Morgan fingerprint density at radius 3 is 2.44 bits per heavy atom. The number of likely N-dealkylation sites (tertiary alicyclic amines) is 1. The number of phenolic OH excluding ortho intramolecular Hbond substituents is 1. The molecule has 0 spiro atoms. The highest BCUT2D eigenvalue weighted by Gasteiger charge is 2.34. The zero-order chi connectivity index (χ0) is 23.5. The van der Waals surface area contributed by atoms with Crippen molar-refractivity contribution in [2.45, 2.75) is 31.5 Å². The maximum atomic E-state index is 14.7. The molecule has 0 aliphatic carbocycles. The van der Waals surface area contributed by atoms with Gasteiger partial charge in [0.15, 0.2) is 6.17 Å². The number of carbonyl (C=O) groups excluding carboxylic acids is 2. The fourth-order valence-corrected chi connectivity index (χ4v) is 3.31. The topological polar surface area (TPSA) is 102 Å². The molecule has 11 heteroatoms. The van der Waals surface area contributed by atoms with Crippen LogP contribution in [0, 0.1) is 0 Å². The Bertz CT molecular complexity index is 981. The first kappa shape index (κ1) is 23.2. The highest BCUT2D eigenvalue weighted by atomic mass is 19.4. The summed E-state index contributed by atoms with van der Waals surface area (Å²) in [5, 5.41) is 9.60. The van der Waals surface area contributed by atoms with Crippen LogP contribution < -0.4 is 15.2 Å². The van der Waals surface area contributed by atoms with Gasteiger partial charge in [-0.15, -0.1) is 13.2 Å². The minimum atomic E-state index is -4.81. The maximum absolute atomic E-state index is 14.7. The van der Waals surface area contributed by atoms with Crippen LogP contribution in [0.5, 0.6) is 17.2 Å². The molecule has 0 radical (unpaired) electrons. The molecule has 2 atom stereocenters. The quantitative estimate of drug-likeness (QED) is 0.651. The molecular weight excluding hydrogens is 436 g/mol. The molecule has 0 aromatic heterocycles. The van der Waals surface area contributed by atoms with Crippen LogP contribution in [0.4, 0.5) is 17.6 Å². The van der Waals surface area contributed by atoms with Gasteiger partial charge in [0.2, 0.25) is 5.91 Å². The van der Waals surface area contributed by atoms with Crippen LogP contribution in [-0.4, -0.2) is 53.5 Å². The average molecular weight is 456 g/mol. The number of hydrogen-bond donors (Lipinski definition) is 2. The number of piperidine rings is 1. The number of nitrogens with zero attached hydrogens (tertiary/aromatic N) is 1. The third-order valence-electron chi connectivity index (χ3n) is 4.86. The van der Waals surface area contributed by atoms with Crippen LogP contribution in [0.1, 0.15) is 22.3 Å². The third-order valence-corrected chi connectivity index (χ3v) is 4.86. The normalized spacial score (nSPS) is 18.8. The van der Waals surface area contributed by atoms with E-state index in [1.807, 2.05) is 0 Å². The second kappa shape index (κ2) is 9.33. The Balaban J connectivity index is 1.58. The van der Waals surface area contributed by atoms with E-state index in [2.05, 4.69) is 4.74 Å². The summed E-state index contributed by atoms with van der Waals surface area (Å²) in [6.07, 6.45) is -7.34. The molecule has 3 rings (SSSR count). The number of alkyl halides is 4. The molecule has 2 aromatic rings. The van der Waals surface area contributed by atoms with Gasteiger partial charge in [0.25, 0.3) is 5.91 Å². The first-order valence-corrected chi connectivity index (χ1v) is 9.58. The van der Waals surface area contributed by atoms with Gasteiger partial charge in [0, 0.05) is 19.0 Å². The van der Waals surface area contributed by atoms with Crippen LogP contribution in [-0.2, 0) is 11.2 Å². The molecule has 2 aromatic carbocycles. The molecule has 1 heterocycles. The molecule has 172 valence electrons. The first-order valence-electron chi connectivity index (χ1n) is 9.58. The number of phenols is 1. The Hall–Kier alpha value is -3.50. The van der Waals surface area contributed by atoms with Crippen LogP contribution in [0.25, 0.3) is 0 Å². The zero-order valence-electron chi connectivity index (χ0n) is 16.6. The van der Waals surface area contributed by atoms with E-state index in [-0.39, 0.29) is 43.0 Å². The van der Waals surface area contributed by atoms with Gasteiger partial charge in [-0.3, -0.25) is 9.59 Å². The van der Waals surface area contributed by atoms with Crippen molar-refractivity contribution in [3.63, 3.8) is 0 Å². The van der Waals surface area contributed by atoms with Gasteiger partial charge in [0.05, 0.1) is 18.5 Å². The molecule has 1 aliphatic heterocycles. The fraction of sp³-hybridized carbons (Fsp3) is 0.333. The molecule has 0 saturated carbocycles. The van der Waals surface area contributed by atoms with Crippen molar-refractivity contribution in [2.24, 2.45) is 5.73 Å². The van der Waals surface area contributed by atoms with Crippen molar-refractivity contribution in [3.05, 3.63) is 53.6 Å². The van der Waals surface area contributed by atoms with Crippen molar-refractivity contribution in [3.8, 4) is 17.2 Å². The molecular formula is C21H20F4N2O5. The van der Waals surface area contributed by atoms with Gasteiger partial charge in [-0.1, -0.05) is 12.1 Å². The van der Waals surface area contributed by atoms with Gasteiger partial charge in [0.1, 0.15) is 23.4 Å². The van der Waals surface area contributed by atoms with Gasteiger partial charge >= 0.3 is 6.36 Å². The van der Waals surface area contributed by atoms with E-state index < -0.39 is 36.2 Å². The lowest BCUT2D eigenvalue weighted by molar-refractivity contribution is -0.274. The SMILES string of the molecule is NC(=O)c1ccc(O)cc1O[C@@H]1CCN(C(=O)Cc2ccc(OC(F)(F)F)cc2)CC1F. The predicted molar refractivity (Wildman–Crippen MR) is 104 cm³/mol. The van der Waals surface area contributed by atoms with Crippen LogP contribution in [0.15, 0.2) is 42.5 Å². The van der Waals surface area contributed by atoms with E-state index in [9.17, 15) is 32.3 Å². The fourth-order valence-electron chi connectivity index (χ4n) is 3.31. The number of benzene rings is 2. The number of carbonyl (C=O) groups is 2. The first-order chi connectivity index (χ1) is 15.0. The summed E-state index contributed by atoms with van der Waals surface area (Å²) in [4.78, 5) is 25.3. The third kappa shape index (κ3) is 6.02. The Morgan fingerprint density at radius 2 is 1.84 bits per heavy atom. The standard InChI is InChI=1S/C21H20F4N2O5/c22-16-11-27(19(29)9-12-1-4-14(5-2-12)32-21(23,24)25)8-7-17(16)31-18-10-13(28)3-6-15(18)20(26)30/h1-6,10,16-17,28H,7-9,11H2,(H2,26,30)/t16?,17-/m1/s1. The molecule has 1 unspecified atom stereocenters.